The topological polar surface area (TPSA) is 74.2 Å². The van der Waals surface area contributed by atoms with Crippen molar-refractivity contribution in [3.63, 3.8) is 0 Å². The Morgan fingerprint density at radius 2 is 1.89 bits per heavy atom. The van der Waals surface area contributed by atoms with Crippen molar-refractivity contribution in [3.05, 3.63) is 29.8 Å². The molecule has 1 aromatic rings. The van der Waals surface area contributed by atoms with Gasteiger partial charge < -0.3 is 24.1 Å². The van der Waals surface area contributed by atoms with Crippen molar-refractivity contribution < 1.29 is 28.8 Å². The van der Waals surface area contributed by atoms with Gasteiger partial charge in [0.05, 0.1) is 0 Å². The normalized spacial score (nSPS) is 10.6. The number of carbonyl (C=O) groups is 1. The molecule has 0 saturated carbocycles. The van der Waals surface area contributed by atoms with Crippen LogP contribution >= 0.6 is 0 Å². The van der Waals surface area contributed by atoms with Crippen molar-refractivity contribution in [2.24, 2.45) is 0 Å². The zero-order chi connectivity index (χ0) is 14.1. The third-order valence-electron chi connectivity index (χ3n) is 2.07. The van der Waals surface area contributed by atoms with Crippen molar-refractivity contribution in [1.29, 1.82) is 0 Å². The molecule has 1 N–H and O–H groups in total. The summed E-state index contributed by atoms with van der Waals surface area (Å²) in [5.74, 6) is -0.189. The van der Waals surface area contributed by atoms with Gasteiger partial charge in [-0.2, -0.15) is 0 Å². The number of rotatable bonds is 8. The van der Waals surface area contributed by atoms with E-state index in [2.05, 4.69) is 0 Å². The largest absolute Gasteiger partial charge is 0.478 e. The molecule has 0 aliphatic carbocycles. The number of carboxylic acid groups (broad SMARTS) is 1. The number of aliphatic carboxylic acids is 1. The number of benzene rings is 1. The number of para-hydroxylation sites is 1. The minimum Gasteiger partial charge on any atom is -0.478 e. The molecule has 0 fully saturated rings. The van der Waals surface area contributed by atoms with E-state index in [1.807, 2.05) is 0 Å². The average molecular weight is 268 g/mol. The highest BCUT2D eigenvalue weighted by Gasteiger charge is 2.09. The maximum atomic E-state index is 10.6. The van der Waals surface area contributed by atoms with Gasteiger partial charge in [-0.3, -0.25) is 0 Å². The maximum Gasteiger partial charge on any atom is 0.328 e. The quantitative estimate of drug-likeness (QED) is 0.572. The van der Waals surface area contributed by atoms with Crippen LogP contribution in [0, 0.1) is 0 Å². The van der Waals surface area contributed by atoms with Crippen molar-refractivity contribution in [2.45, 2.75) is 0 Å². The Bertz CT molecular complexity index is 441. The Morgan fingerprint density at radius 3 is 2.53 bits per heavy atom. The number of ether oxygens (including phenoxy) is 4. The summed E-state index contributed by atoms with van der Waals surface area (Å²) in [4.78, 5) is 10.6. The van der Waals surface area contributed by atoms with Crippen LogP contribution in [0.15, 0.2) is 24.3 Å². The third kappa shape index (κ3) is 4.99. The van der Waals surface area contributed by atoms with Gasteiger partial charge in [0.2, 0.25) is 0 Å². The highest BCUT2D eigenvalue weighted by atomic mass is 16.7. The van der Waals surface area contributed by atoms with E-state index in [4.69, 9.17) is 24.1 Å². The Kier molecular flexibility index (Phi) is 6.42. The van der Waals surface area contributed by atoms with Crippen LogP contribution in [0.3, 0.4) is 0 Å². The predicted molar refractivity (Wildman–Crippen MR) is 68.1 cm³/mol. The molecule has 1 aromatic carbocycles. The molecule has 6 nitrogen and oxygen atoms in total. The summed E-state index contributed by atoms with van der Waals surface area (Å²) in [6.07, 6.45) is 2.45. The Morgan fingerprint density at radius 1 is 1.21 bits per heavy atom. The molecule has 0 bridgehead atoms. The number of hydrogen-bond donors (Lipinski definition) is 1. The fourth-order valence-electron chi connectivity index (χ4n) is 1.33. The van der Waals surface area contributed by atoms with Gasteiger partial charge in [0.15, 0.2) is 25.1 Å². The van der Waals surface area contributed by atoms with E-state index in [9.17, 15) is 4.79 Å². The van der Waals surface area contributed by atoms with Crippen LogP contribution in [0.25, 0.3) is 6.08 Å². The predicted octanol–water partition coefficient (Wildman–Crippen LogP) is 1.75. The smallest absolute Gasteiger partial charge is 0.328 e. The van der Waals surface area contributed by atoms with Crippen LogP contribution in [-0.2, 0) is 14.3 Å². The van der Waals surface area contributed by atoms with Crippen LogP contribution in [0.4, 0.5) is 0 Å². The molecule has 0 aromatic heterocycles. The van der Waals surface area contributed by atoms with Crippen LogP contribution in [0.5, 0.6) is 11.5 Å². The third-order valence-corrected chi connectivity index (χ3v) is 2.07. The van der Waals surface area contributed by atoms with Crippen LogP contribution in [0.2, 0.25) is 0 Å². The van der Waals surface area contributed by atoms with Crippen molar-refractivity contribution in [1.82, 2.24) is 0 Å². The van der Waals surface area contributed by atoms with Crippen LogP contribution in [-0.4, -0.2) is 38.9 Å². The molecule has 0 radical (unpaired) electrons. The van der Waals surface area contributed by atoms with Gasteiger partial charge in [-0.15, -0.1) is 0 Å². The minimum absolute atomic E-state index is 0.0290. The summed E-state index contributed by atoms with van der Waals surface area (Å²) >= 11 is 0. The molecule has 0 aliphatic rings. The van der Waals surface area contributed by atoms with Crippen LogP contribution < -0.4 is 9.47 Å². The Labute approximate surface area is 111 Å². The van der Waals surface area contributed by atoms with E-state index >= 15 is 0 Å². The summed E-state index contributed by atoms with van der Waals surface area (Å²) in [7, 11) is 3.00. The minimum atomic E-state index is -1.04. The highest BCUT2D eigenvalue weighted by Crippen LogP contribution is 2.32. The molecule has 0 saturated heterocycles. The maximum absolute atomic E-state index is 10.6. The van der Waals surface area contributed by atoms with E-state index in [0.717, 1.165) is 6.08 Å². The van der Waals surface area contributed by atoms with E-state index in [1.165, 1.54) is 20.3 Å². The first-order valence-corrected chi connectivity index (χ1v) is 5.46. The van der Waals surface area contributed by atoms with E-state index in [-0.39, 0.29) is 13.6 Å². The van der Waals surface area contributed by atoms with Crippen molar-refractivity contribution in [2.75, 3.05) is 27.8 Å². The molecule has 0 atom stereocenters. The van der Waals surface area contributed by atoms with Gasteiger partial charge in [-0.1, -0.05) is 12.1 Å². The lowest BCUT2D eigenvalue weighted by Crippen LogP contribution is -2.05. The van der Waals surface area contributed by atoms with Gasteiger partial charge in [0.25, 0.3) is 0 Å². The van der Waals surface area contributed by atoms with Gasteiger partial charge in [0, 0.05) is 25.9 Å². The first-order valence-electron chi connectivity index (χ1n) is 5.46. The van der Waals surface area contributed by atoms with E-state index < -0.39 is 5.97 Å². The number of carboxylic acids is 1. The molecule has 0 aliphatic heterocycles. The fourth-order valence-corrected chi connectivity index (χ4v) is 1.33. The SMILES string of the molecule is COCOc1cccc(/C=C/C(=O)O)c1OCOC. The lowest BCUT2D eigenvalue weighted by atomic mass is 10.1. The molecule has 0 amide bonds. The summed E-state index contributed by atoms with van der Waals surface area (Å²) in [6.45, 7) is 0.0940. The van der Waals surface area contributed by atoms with E-state index in [0.29, 0.717) is 17.1 Å². The van der Waals surface area contributed by atoms with E-state index in [1.54, 1.807) is 18.2 Å². The Hall–Kier alpha value is -2.05. The molecule has 0 spiro atoms. The van der Waals surface area contributed by atoms with Crippen molar-refractivity contribution in [3.8, 4) is 11.5 Å². The second kappa shape index (κ2) is 8.12. The molecular weight excluding hydrogens is 252 g/mol. The summed E-state index contributed by atoms with van der Waals surface area (Å²) in [5, 5.41) is 8.65. The Balaban J connectivity index is 3.02. The molecule has 6 heteroatoms. The summed E-state index contributed by atoms with van der Waals surface area (Å²) < 4.78 is 20.4. The molecule has 0 unspecified atom stereocenters. The monoisotopic (exact) mass is 268 g/mol. The molecule has 1 rings (SSSR count). The zero-order valence-electron chi connectivity index (χ0n) is 10.8. The highest BCUT2D eigenvalue weighted by molar-refractivity contribution is 5.86. The van der Waals surface area contributed by atoms with Crippen molar-refractivity contribution >= 4 is 12.0 Å². The lowest BCUT2D eigenvalue weighted by molar-refractivity contribution is -0.131. The zero-order valence-corrected chi connectivity index (χ0v) is 10.8. The molecule has 19 heavy (non-hydrogen) atoms. The fraction of sp³-hybridized carbons (Fsp3) is 0.308. The van der Waals surface area contributed by atoms with Gasteiger partial charge in [-0.25, -0.2) is 4.79 Å². The lowest BCUT2D eigenvalue weighted by Gasteiger charge is -2.13. The second-order valence-corrected chi connectivity index (χ2v) is 3.45. The first kappa shape index (κ1) is 15.0. The summed E-state index contributed by atoms with van der Waals surface area (Å²) in [5.41, 5.74) is 0.577. The molecule has 0 heterocycles. The second-order valence-electron chi connectivity index (χ2n) is 3.45. The standard InChI is InChI=1S/C13H16O6/c1-16-8-18-11-5-3-4-10(6-7-12(14)15)13(11)19-9-17-2/h3-7H,8-9H2,1-2H3,(H,14,15)/b7-6+. The van der Waals surface area contributed by atoms with Gasteiger partial charge in [0.1, 0.15) is 0 Å². The molecular formula is C13H16O6. The van der Waals surface area contributed by atoms with Gasteiger partial charge >= 0.3 is 5.97 Å². The average Bonchev–Trinajstić information content (AvgIpc) is 2.41. The summed E-state index contributed by atoms with van der Waals surface area (Å²) in [6, 6.07) is 5.14. The molecule has 104 valence electrons. The number of hydrogen-bond acceptors (Lipinski definition) is 5. The van der Waals surface area contributed by atoms with Gasteiger partial charge in [-0.05, 0) is 12.1 Å². The number of methoxy groups -OCH3 is 2. The van der Waals surface area contributed by atoms with Crippen LogP contribution in [0.1, 0.15) is 5.56 Å². The first-order chi connectivity index (χ1) is 9.19.